The number of nitrogens with one attached hydrogen (secondary N) is 1. The highest BCUT2D eigenvalue weighted by atomic mass is 35.5. The lowest BCUT2D eigenvalue weighted by Crippen LogP contribution is -2.45. The number of piperidine rings is 1. The summed E-state index contributed by atoms with van der Waals surface area (Å²) in [6, 6.07) is 12.5. The van der Waals surface area contributed by atoms with Crippen LogP contribution in [0.3, 0.4) is 0 Å². The first-order valence-corrected chi connectivity index (χ1v) is 11.7. The zero-order valence-corrected chi connectivity index (χ0v) is 19.7. The highest BCUT2D eigenvalue weighted by molar-refractivity contribution is 6.30. The van der Waals surface area contributed by atoms with Crippen molar-refractivity contribution in [3.05, 3.63) is 64.4 Å². The van der Waals surface area contributed by atoms with Crippen LogP contribution in [0.2, 0.25) is 5.02 Å². The Hall–Kier alpha value is -2.19. The summed E-state index contributed by atoms with van der Waals surface area (Å²) in [4.78, 5) is 13.8. The number of aliphatic hydroxyl groups excluding tert-OH is 1. The first kappa shape index (κ1) is 25.4. The number of hydrogen-bond acceptors (Lipinski definition) is 6. The first-order chi connectivity index (χ1) is 15.9. The summed E-state index contributed by atoms with van der Waals surface area (Å²) in [5.74, 6) is -0.424. The van der Waals surface area contributed by atoms with Crippen molar-refractivity contribution in [3.8, 4) is 5.75 Å². The first-order valence-electron chi connectivity index (χ1n) is 11.3. The minimum Gasteiger partial charge on any atom is -0.490 e. The van der Waals surface area contributed by atoms with Gasteiger partial charge < -0.3 is 19.9 Å². The molecule has 0 unspecified atom stereocenters. The van der Waals surface area contributed by atoms with E-state index in [0.29, 0.717) is 30.3 Å². The quantitative estimate of drug-likeness (QED) is 0.481. The minimum atomic E-state index is -0.728. The van der Waals surface area contributed by atoms with Crippen LogP contribution in [0.4, 0.5) is 4.39 Å². The molecule has 1 atom stereocenters. The molecule has 0 saturated carbocycles. The number of methoxy groups -OCH3 is 1. The third kappa shape index (κ3) is 8.59. The van der Waals surface area contributed by atoms with Gasteiger partial charge in [-0.25, -0.2) is 4.39 Å². The number of aliphatic hydroxyl groups is 1. The molecule has 1 aliphatic heterocycles. The molecule has 2 aromatic carbocycles. The van der Waals surface area contributed by atoms with E-state index in [2.05, 4.69) is 27.1 Å². The van der Waals surface area contributed by atoms with Crippen LogP contribution in [-0.4, -0.2) is 61.5 Å². The summed E-state index contributed by atoms with van der Waals surface area (Å²) in [6.07, 6.45) is 1.84. The van der Waals surface area contributed by atoms with Crippen LogP contribution in [0.15, 0.2) is 42.5 Å². The van der Waals surface area contributed by atoms with E-state index in [9.17, 15) is 14.3 Å². The third-order valence-corrected chi connectivity index (χ3v) is 6.09. The van der Waals surface area contributed by atoms with E-state index >= 15 is 0 Å². The lowest BCUT2D eigenvalue weighted by molar-refractivity contribution is -0.140. The number of halogens is 2. The average Bonchev–Trinajstić information content (AvgIpc) is 2.82. The number of esters is 1. The Morgan fingerprint density at radius 2 is 1.97 bits per heavy atom. The van der Waals surface area contributed by atoms with Crippen molar-refractivity contribution in [2.75, 3.05) is 33.4 Å². The number of likely N-dealkylation sites (tertiary alicyclic amines) is 1. The molecule has 1 heterocycles. The molecule has 3 rings (SSSR count). The van der Waals surface area contributed by atoms with Gasteiger partial charge in [-0.15, -0.1) is 0 Å². The monoisotopic (exact) mass is 478 g/mol. The van der Waals surface area contributed by atoms with Crippen LogP contribution in [0, 0.1) is 5.82 Å². The molecule has 6 nitrogen and oxygen atoms in total. The number of nitrogens with zero attached hydrogens (tertiary/aromatic N) is 1. The van der Waals surface area contributed by atoms with Gasteiger partial charge in [-0.1, -0.05) is 29.8 Å². The Morgan fingerprint density at radius 3 is 2.67 bits per heavy atom. The van der Waals surface area contributed by atoms with Crippen molar-refractivity contribution in [1.82, 2.24) is 10.2 Å². The maximum absolute atomic E-state index is 13.7. The highest BCUT2D eigenvalue weighted by Crippen LogP contribution is 2.22. The van der Waals surface area contributed by atoms with Gasteiger partial charge in [0.2, 0.25) is 0 Å². The molecule has 0 aliphatic carbocycles. The molecule has 1 aliphatic rings. The molecule has 0 radical (unpaired) electrons. The van der Waals surface area contributed by atoms with Crippen LogP contribution < -0.4 is 10.1 Å². The van der Waals surface area contributed by atoms with Gasteiger partial charge in [-0.2, -0.15) is 0 Å². The summed E-state index contributed by atoms with van der Waals surface area (Å²) < 4.78 is 24.0. The Kier molecular flexibility index (Phi) is 9.94. The highest BCUT2D eigenvalue weighted by Gasteiger charge is 2.20. The molecule has 0 bridgehead atoms. The van der Waals surface area contributed by atoms with Crippen LogP contribution in [-0.2, 0) is 22.5 Å². The maximum Gasteiger partial charge on any atom is 0.305 e. The number of rotatable bonds is 11. The summed E-state index contributed by atoms with van der Waals surface area (Å²) in [7, 11) is 1.33. The predicted octanol–water partition coefficient (Wildman–Crippen LogP) is 3.58. The fourth-order valence-electron chi connectivity index (χ4n) is 3.90. The second-order valence-corrected chi connectivity index (χ2v) is 8.81. The predicted molar refractivity (Wildman–Crippen MR) is 126 cm³/mol. The molecule has 1 fully saturated rings. The topological polar surface area (TPSA) is 71.0 Å². The normalized spacial score (nSPS) is 15.9. The molecule has 33 heavy (non-hydrogen) atoms. The zero-order valence-electron chi connectivity index (χ0n) is 18.9. The maximum atomic E-state index is 13.7. The Balaban J connectivity index is 1.38. The fraction of sp³-hybridized carbons (Fsp3) is 0.480. The van der Waals surface area contributed by atoms with Gasteiger partial charge in [-0.3, -0.25) is 9.69 Å². The van der Waals surface area contributed by atoms with Crippen molar-refractivity contribution < 1.29 is 23.8 Å². The number of benzene rings is 2. The minimum absolute atomic E-state index is 0.0388. The van der Waals surface area contributed by atoms with E-state index in [1.165, 1.54) is 24.8 Å². The van der Waals surface area contributed by atoms with E-state index < -0.39 is 11.9 Å². The van der Waals surface area contributed by atoms with E-state index in [4.69, 9.17) is 16.3 Å². The number of hydrogen-bond donors (Lipinski definition) is 2. The van der Waals surface area contributed by atoms with E-state index in [0.717, 1.165) is 37.5 Å². The van der Waals surface area contributed by atoms with Crippen molar-refractivity contribution >= 4 is 17.6 Å². The largest absolute Gasteiger partial charge is 0.490 e. The smallest absolute Gasteiger partial charge is 0.305 e. The van der Waals surface area contributed by atoms with Crippen LogP contribution in [0.5, 0.6) is 5.75 Å². The van der Waals surface area contributed by atoms with Crippen LogP contribution >= 0.6 is 11.6 Å². The molecule has 8 heteroatoms. The van der Waals surface area contributed by atoms with Gasteiger partial charge in [0.05, 0.1) is 7.11 Å². The van der Waals surface area contributed by atoms with Crippen molar-refractivity contribution in [1.29, 1.82) is 0 Å². The van der Waals surface area contributed by atoms with E-state index in [-0.39, 0.29) is 19.0 Å². The van der Waals surface area contributed by atoms with Crippen LogP contribution in [0.1, 0.15) is 30.4 Å². The molecule has 0 aromatic heterocycles. The van der Waals surface area contributed by atoms with Crippen molar-refractivity contribution in [2.45, 2.75) is 44.4 Å². The lowest BCUT2D eigenvalue weighted by Gasteiger charge is -2.33. The van der Waals surface area contributed by atoms with Crippen molar-refractivity contribution in [2.24, 2.45) is 0 Å². The van der Waals surface area contributed by atoms with Crippen LogP contribution in [0.25, 0.3) is 0 Å². The third-order valence-electron chi connectivity index (χ3n) is 5.84. The summed E-state index contributed by atoms with van der Waals surface area (Å²) >= 11 is 5.95. The number of carbonyl (C=O) groups is 1. The van der Waals surface area contributed by atoms with Gasteiger partial charge in [0.15, 0.2) is 0 Å². The Labute approximate surface area is 199 Å². The van der Waals surface area contributed by atoms with Gasteiger partial charge in [0.25, 0.3) is 0 Å². The van der Waals surface area contributed by atoms with Crippen molar-refractivity contribution in [3.63, 3.8) is 0 Å². The van der Waals surface area contributed by atoms with Gasteiger partial charge in [0, 0.05) is 36.6 Å². The SMILES string of the molecule is COC(=O)CCc1ccc(F)cc1OC[C@@H](O)CNC1CCN(Cc2ccc(Cl)cc2)CC1. The molecule has 180 valence electrons. The molecule has 0 spiro atoms. The number of ether oxygens (including phenoxy) is 2. The Bertz CT molecular complexity index is 888. The average molecular weight is 479 g/mol. The summed E-state index contributed by atoms with van der Waals surface area (Å²) in [5, 5.41) is 14.5. The van der Waals surface area contributed by atoms with Gasteiger partial charge in [-0.05, 0) is 61.7 Å². The summed E-state index contributed by atoms with van der Waals surface area (Å²) in [5.41, 5.74) is 1.96. The number of aryl methyl sites for hydroxylation is 1. The molecule has 0 amide bonds. The van der Waals surface area contributed by atoms with E-state index in [1.54, 1.807) is 6.07 Å². The Morgan fingerprint density at radius 1 is 1.24 bits per heavy atom. The zero-order chi connectivity index (χ0) is 23.6. The lowest BCUT2D eigenvalue weighted by atomic mass is 10.0. The van der Waals surface area contributed by atoms with Gasteiger partial charge in [0.1, 0.15) is 24.3 Å². The molecule has 2 N–H and O–H groups in total. The summed E-state index contributed by atoms with van der Waals surface area (Å²) in [6.45, 7) is 3.32. The van der Waals surface area contributed by atoms with E-state index in [1.807, 2.05) is 12.1 Å². The number of carbonyl (C=O) groups excluding carboxylic acids is 1. The molecule has 1 saturated heterocycles. The van der Waals surface area contributed by atoms with Gasteiger partial charge >= 0.3 is 5.97 Å². The molecule has 2 aromatic rings. The second kappa shape index (κ2) is 12.9. The molecular weight excluding hydrogens is 447 g/mol. The fourth-order valence-corrected chi connectivity index (χ4v) is 4.02. The standard InChI is InChI=1S/C25H32ClFN2O4/c1-32-25(31)9-5-19-4-8-21(27)14-24(19)33-17-23(30)15-28-22-10-12-29(13-11-22)16-18-2-6-20(26)7-3-18/h2-4,6-8,14,22-23,28,30H,5,9-13,15-17H2,1H3/t23-/m0/s1. The second-order valence-electron chi connectivity index (χ2n) is 8.38. The molecular formula is C25H32ClFN2O4.